The zero-order chi connectivity index (χ0) is 17.1. The van der Waals surface area contributed by atoms with Gasteiger partial charge in [0.05, 0.1) is 5.69 Å². The number of carbonyl (C=O) groups is 1. The minimum atomic E-state index is -0.248. The van der Waals surface area contributed by atoms with E-state index in [0.29, 0.717) is 17.4 Å². The van der Waals surface area contributed by atoms with Gasteiger partial charge in [-0.15, -0.1) is 0 Å². The molecule has 132 valence electrons. The Balaban J connectivity index is 1.61. The van der Waals surface area contributed by atoms with Gasteiger partial charge < -0.3 is 15.1 Å². The Kier molecular flexibility index (Phi) is 5.39. The van der Waals surface area contributed by atoms with Gasteiger partial charge in [-0.1, -0.05) is 12.8 Å². The molecule has 1 heterocycles. The number of nitrogens with zero attached hydrogens (tertiary/aromatic N) is 2. The standard InChI is InChI=1S/C19H28FN3O/c1-22(2)16-9-11-23(12-10-16)18-8-7-15(13-17(18)20)21-19(24)14-5-3-4-6-14/h7-8,13-14,16H,3-6,9-12H2,1-2H3,(H,21,24). The Morgan fingerprint density at radius 1 is 1.17 bits per heavy atom. The average molecular weight is 333 g/mol. The van der Waals surface area contributed by atoms with Crippen LogP contribution in [0.1, 0.15) is 38.5 Å². The van der Waals surface area contributed by atoms with Gasteiger partial charge in [0.15, 0.2) is 0 Å². The fraction of sp³-hybridized carbons (Fsp3) is 0.632. The Morgan fingerprint density at radius 2 is 1.83 bits per heavy atom. The van der Waals surface area contributed by atoms with Crippen molar-refractivity contribution in [2.24, 2.45) is 5.92 Å². The van der Waals surface area contributed by atoms with Crippen LogP contribution < -0.4 is 10.2 Å². The van der Waals surface area contributed by atoms with Crippen LogP contribution in [0, 0.1) is 11.7 Å². The maximum Gasteiger partial charge on any atom is 0.227 e. The molecule has 0 aromatic heterocycles. The first-order valence-electron chi connectivity index (χ1n) is 9.06. The number of amides is 1. The van der Waals surface area contributed by atoms with E-state index in [1.165, 1.54) is 6.07 Å². The minimum Gasteiger partial charge on any atom is -0.369 e. The van der Waals surface area contributed by atoms with Crippen LogP contribution in [0.5, 0.6) is 0 Å². The van der Waals surface area contributed by atoms with E-state index in [2.05, 4.69) is 29.2 Å². The van der Waals surface area contributed by atoms with E-state index in [-0.39, 0.29) is 17.6 Å². The summed E-state index contributed by atoms with van der Waals surface area (Å²) in [6.45, 7) is 1.74. The van der Waals surface area contributed by atoms with Crippen molar-refractivity contribution in [3.63, 3.8) is 0 Å². The average Bonchev–Trinajstić information content (AvgIpc) is 3.10. The Hall–Kier alpha value is -1.62. The highest BCUT2D eigenvalue weighted by Gasteiger charge is 2.24. The molecule has 0 spiro atoms. The predicted octanol–water partition coefficient (Wildman–Crippen LogP) is 3.48. The summed E-state index contributed by atoms with van der Waals surface area (Å²) in [5.74, 6) is -0.119. The molecule has 0 radical (unpaired) electrons. The number of hydrogen-bond acceptors (Lipinski definition) is 3. The lowest BCUT2D eigenvalue weighted by atomic mass is 10.0. The molecule has 1 amide bonds. The van der Waals surface area contributed by atoms with Crippen molar-refractivity contribution in [3.05, 3.63) is 24.0 Å². The summed E-state index contributed by atoms with van der Waals surface area (Å²) in [7, 11) is 4.20. The van der Waals surface area contributed by atoms with Crippen molar-refractivity contribution in [2.45, 2.75) is 44.6 Å². The summed E-state index contributed by atoms with van der Waals surface area (Å²) in [5, 5.41) is 2.87. The Bertz CT molecular complexity index is 576. The van der Waals surface area contributed by atoms with Gasteiger partial charge in [0.25, 0.3) is 0 Å². The number of benzene rings is 1. The molecule has 4 nitrogen and oxygen atoms in total. The summed E-state index contributed by atoms with van der Waals surface area (Å²) in [6, 6.07) is 5.66. The lowest BCUT2D eigenvalue weighted by molar-refractivity contribution is -0.119. The quantitative estimate of drug-likeness (QED) is 0.916. The normalized spacial score (nSPS) is 19.9. The number of rotatable bonds is 4. The molecule has 5 heteroatoms. The summed E-state index contributed by atoms with van der Waals surface area (Å²) in [6.07, 6.45) is 6.24. The lowest BCUT2D eigenvalue weighted by Crippen LogP contribution is -2.42. The molecule has 1 saturated heterocycles. The first-order valence-corrected chi connectivity index (χ1v) is 9.06. The van der Waals surface area contributed by atoms with E-state index in [0.717, 1.165) is 51.6 Å². The molecule has 2 aliphatic rings. The molecule has 24 heavy (non-hydrogen) atoms. The number of nitrogens with one attached hydrogen (secondary N) is 1. The SMILES string of the molecule is CN(C)C1CCN(c2ccc(NC(=O)C3CCCC3)cc2F)CC1. The van der Waals surface area contributed by atoms with Crippen LogP contribution >= 0.6 is 0 Å². The summed E-state index contributed by atoms with van der Waals surface area (Å²) in [5.41, 5.74) is 1.21. The molecule has 0 unspecified atom stereocenters. The van der Waals surface area contributed by atoms with Crippen LogP contribution in [-0.4, -0.2) is 44.0 Å². The highest BCUT2D eigenvalue weighted by molar-refractivity contribution is 5.92. The van der Waals surface area contributed by atoms with E-state index in [1.54, 1.807) is 6.07 Å². The third-order valence-electron chi connectivity index (χ3n) is 5.48. The summed E-state index contributed by atoms with van der Waals surface area (Å²) >= 11 is 0. The third kappa shape index (κ3) is 3.89. The highest BCUT2D eigenvalue weighted by atomic mass is 19.1. The van der Waals surface area contributed by atoms with Gasteiger partial charge in [0, 0.05) is 30.7 Å². The van der Waals surface area contributed by atoms with Crippen LogP contribution in [0.15, 0.2) is 18.2 Å². The van der Waals surface area contributed by atoms with Gasteiger partial charge in [-0.25, -0.2) is 4.39 Å². The molecule has 1 aliphatic carbocycles. The van der Waals surface area contributed by atoms with Crippen LogP contribution in [0.25, 0.3) is 0 Å². The maximum atomic E-state index is 14.5. The van der Waals surface area contributed by atoms with E-state index >= 15 is 0 Å². The van der Waals surface area contributed by atoms with E-state index in [9.17, 15) is 9.18 Å². The molecule has 1 saturated carbocycles. The largest absolute Gasteiger partial charge is 0.369 e. The van der Waals surface area contributed by atoms with Crippen LogP contribution in [0.4, 0.5) is 15.8 Å². The van der Waals surface area contributed by atoms with Crippen LogP contribution in [0.3, 0.4) is 0 Å². The molecule has 0 bridgehead atoms. The molecule has 2 fully saturated rings. The molecular weight excluding hydrogens is 305 g/mol. The second-order valence-corrected chi connectivity index (χ2v) is 7.32. The van der Waals surface area contributed by atoms with Crippen LogP contribution in [0.2, 0.25) is 0 Å². The highest BCUT2D eigenvalue weighted by Crippen LogP contribution is 2.29. The molecule has 1 aromatic rings. The number of piperidine rings is 1. The summed E-state index contributed by atoms with van der Waals surface area (Å²) in [4.78, 5) is 16.5. The molecule has 0 atom stereocenters. The van der Waals surface area contributed by atoms with E-state index in [1.807, 2.05) is 6.07 Å². The Labute approximate surface area is 144 Å². The van der Waals surface area contributed by atoms with Gasteiger partial charge in [-0.05, 0) is 58.0 Å². The fourth-order valence-electron chi connectivity index (χ4n) is 3.90. The van der Waals surface area contributed by atoms with Gasteiger partial charge >= 0.3 is 0 Å². The maximum absolute atomic E-state index is 14.5. The van der Waals surface area contributed by atoms with Crippen molar-refractivity contribution in [1.82, 2.24) is 4.90 Å². The third-order valence-corrected chi connectivity index (χ3v) is 5.48. The van der Waals surface area contributed by atoms with Crippen molar-refractivity contribution < 1.29 is 9.18 Å². The fourth-order valence-corrected chi connectivity index (χ4v) is 3.90. The Morgan fingerprint density at radius 3 is 2.42 bits per heavy atom. The first kappa shape index (κ1) is 17.2. The van der Waals surface area contributed by atoms with Crippen molar-refractivity contribution in [3.8, 4) is 0 Å². The van der Waals surface area contributed by atoms with Crippen LogP contribution in [-0.2, 0) is 4.79 Å². The zero-order valence-electron chi connectivity index (χ0n) is 14.7. The second kappa shape index (κ2) is 7.51. The van der Waals surface area contributed by atoms with Crippen molar-refractivity contribution in [1.29, 1.82) is 0 Å². The monoisotopic (exact) mass is 333 g/mol. The topological polar surface area (TPSA) is 35.6 Å². The number of halogens is 1. The molecule has 1 N–H and O–H groups in total. The predicted molar refractivity (Wildman–Crippen MR) is 95.9 cm³/mol. The molecular formula is C19H28FN3O. The first-order chi connectivity index (χ1) is 11.5. The van der Waals surface area contributed by atoms with Gasteiger partial charge in [-0.2, -0.15) is 0 Å². The smallest absolute Gasteiger partial charge is 0.227 e. The summed E-state index contributed by atoms with van der Waals surface area (Å²) < 4.78 is 14.5. The second-order valence-electron chi connectivity index (χ2n) is 7.32. The molecule has 1 aliphatic heterocycles. The van der Waals surface area contributed by atoms with E-state index < -0.39 is 0 Å². The molecule has 1 aromatic carbocycles. The number of hydrogen-bond donors (Lipinski definition) is 1. The number of carbonyl (C=O) groups excluding carboxylic acids is 1. The van der Waals surface area contributed by atoms with Gasteiger partial charge in [-0.3, -0.25) is 4.79 Å². The molecule has 3 rings (SSSR count). The van der Waals surface area contributed by atoms with Gasteiger partial charge in [0.2, 0.25) is 5.91 Å². The minimum absolute atomic E-state index is 0.0337. The lowest BCUT2D eigenvalue weighted by Gasteiger charge is -2.36. The van der Waals surface area contributed by atoms with Crippen molar-refractivity contribution >= 4 is 17.3 Å². The van der Waals surface area contributed by atoms with Crippen molar-refractivity contribution in [2.75, 3.05) is 37.4 Å². The number of anilines is 2. The van der Waals surface area contributed by atoms with E-state index in [4.69, 9.17) is 0 Å². The zero-order valence-corrected chi connectivity index (χ0v) is 14.7. The van der Waals surface area contributed by atoms with Gasteiger partial charge in [0.1, 0.15) is 5.82 Å².